The number of benzene rings is 1. The van der Waals surface area contributed by atoms with Crippen LogP contribution in [-0.4, -0.2) is 26.9 Å². The minimum Gasteiger partial charge on any atom is -0.493 e. The van der Waals surface area contributed by atoms with Crippen molar-refractivity contribution in [1.82, 2.24) is 5.32 Å². The zero-order chi connectivity index (χ0) is 15.2. The molecule has 21 heavy (non-hydrogen) atoms. The van der Waals surface area contributed by atoms with Crippen molar-refractivity contribution in [3.63, 3.8) is 0 Å². The zero-order valence-electron chi connectivity index (χ0n) is 13.3. The van der Waals surface area contributed by atoms with Crippen LogP contribution in [-0.2, 0) is 4.74 Å². The Hall–Kier alpha value is -1.52. The number of furan rings is 1. The fraction of sp³-hybridized carbons (Fsp3) is 0.529. The molecule has 2 aromatic rings. The molecule has 1 N–H and O–H groups in total. The number of hydrogen-bond acceptors (Lipinski definition) is 4. The Bertz CT molecular complexity index is 558. The van der Waals surface area contributed by atoms with Gasteiger partial charge in [-0.2, -0.15) is 0 Å². The van der Waals surface area contributed by atoms with Crippen molar-refractivity contribution < 1.29 is 13.9 Å². The monoisotopic (exact) mass is 291 g/mol. The standard InChI is InChI=1S/C17H25NO3/c1-5-7-14(11-19-3)18-12(2)16-10-13-8-6-9-15(20-4)17(13)21-16/h6,8-10,12,14,18H,5,7,11H2,1-4H3. The van der Waals surface area contributed by atoms with Crippen LogP contribution in [0.2, 0.25) is 0 Å². The van der Waals surface area contributed by atoms with E-state index in [0.29, 0.717) is 12.6 Å². The van der Waals surface area contributed by atoms with Gasteiger partial charge in [0.15, 0.2) is 11.3 Å². The molecule has 116 valence electrons. The first-order valence-electron chi connectivity index (χ1n) is 7.51. The molecular weight excluding hydrogens is 266 g/mol. The normalized spacial score (nSPS) is 14.3. The lowest BCUT2D eigenvalue weighted by atomic mass is 10.1. The van der Waals surface area contributed by atoms with Gasteiger partial charge in [0.1, 0.15) is 5.76 Å². The van der Waals surface area contributed by atoms with Crippen molar-refractivity contribution in [2.75, 3.05) is 20.8 Å². The molecule has 2 unspecified atom stereocenters. The molecular formula is C17H25NO3. The highest BCUT2D eigenvalue weighted by atomic mass is 16.5. The average molecular weight is 291 g/mol. The Morgan fingerprint density at radius 2 is 2.10 bits per heavy atom. The summed E-state index contributed by atoms with van der Waals surface area (Å²) in [5, 5.41) is 4.64. The number of nitrogens with one attached hydrogen (secondary N) is 1. The maximum atomic E-state index is 5.98. The first-order valence-corrected chi connectivity index (χ1v) is 7.51. The number of hydrogen-bond donors (Lipinski definition) is 1. The largest absolute Gasteiger partial charge is 0.493 e. The molecule has 1 aromatic carbocycles. The quantitative estimate of drug-likeness (QED) is 0.801. The predicted octanol–water partition coefficient (Wildman–Crippen LogP) is 3.91. The first-order chi connectivity index (χ1) is 10.2. The Kier molecular flexibility index (Phi) is 5.65. The van der Waals surface area contributed by atoms with Crippen LogP contribution < -0.4 is 10.1 Å². The molecule has 0 amide bonds. The summed E-state index contributed by atoms with van der Waals surface area (Å²) in [7, 11) is 3.40. The molecule has 0 fully saturated rings. The molecule has 1 heterocycles. The SMILES string of the molecule is CCCC(COC)NC(C)c1cc2cccc(OC)c2o1. The van der Waals surface area contributed by atoms with Gasteiger partial charge >= 0.3 is 0 Å². The molecule has 0 bridgehead atoms. The van der Waals surface area contributed by atoms with Crippen molar-refractivity contribution >= 4 is 11.0 Å². The molecule has 0 aliphatic heterocycles. The van der Waals surface area contributed by atoms with Crippen molar-refractivity contribution in [3.8, 4) is 5.75 Å². The van der Waals surface area contributed by atoms with E-state index in [1.165, 1.54) is 0 Å². The van der Waals surface area contributed by atoms with Gasteiger partial charge < -0.3 is 19.2 Å². The van der Waals surface area contributed by atoms with Crippen LogP contribution in [0.3, 0.4) is 0 Å². The van der Waals surface area contributed by atoms with Gasteiger partial charge in [-0.15, -0.1) is 0 Å². The minimum absolute atomic E-state index is 0.133. The zero-order valence-corrected chi connectivity index (χ0v) is 13.3. The van der Waals surface area contributed by atoms with Crippen molar-refractivity contribution in [2.24, 2.45) is 0 Å². The van der Waals surface area contributed by atoms with E-state index in [9.17, 15) is 0 Å². The van der Waals surface area contributed by atoms with E-state index >= 15 is 0 Å². The molecule has 0 radical (unpaired) electrons. The molecule has 4 nitrogen and oxygen atoms in total. The summed E-state index contributed by atoms with van der Waals surface area (Å²) < 4.78 is 16.6. The second-order valence-electron chi connectivity index (χ2n) is 5.36. The van der Waals surface area contributed by atoms with E-state index in [1.54, 1.807) is 14.2 Å². The Morgan fingerprint density at radius 3 is 2.76 bits per heavy atom. The van der Waals surface area contributed by atoms with Crippen LogP contribution in [0.1, 0.15) is 38.5 Å². The van der Waals surface area contributed by atoms with E-state index < -0.39 is 0 Å². The number of ether oxygens (including phenoxy) is 2. The van der Waals surface area contributed by atoms with Crippen LogP contribution in [0.4, 0.5) is 0 Å². The minimum atomic E-state index is 0.133. The third kappa shape index (κ3) is 3.77. The third-order valence-electron chi connectivity index (χ3n) is 3.66. The molecule has 0 saturated heterocycles. The van der Waals surface area contributed by atoms with Crippen LogP contribution in [0, 0.1) is 0 Å². The molecule has 0 saturated carbocycles. The van der Waals surface area contributed by atoms with Gasteiger partial charge in [-0.25, -0.2) is 0 Å². The van der Waals surface area contributed by atoms with Gasteiger partial charge in [-0.3, -0.25) is 0 Å². The van der Waals surface area contributed by atoms with E-state index in [4.69, 9.17) is 13.9 Å². The smallest absolute Gasteiger partial charge is 0.176 e. The van der Waals surface area contributed by atoms with E-state index in [1.807, 2.05) is 18.2 Å². The van der Waals surface area contributed by atoms with Gasteiger partial charge in [-0.05, 0) is 25.5 Å². The summed E-state index contributed by atoms with van der Waals surface area (Å²) in [6, 6.07) is 8.47. The van der Waals surface area contributed by atoms with Crippen molar-refractivity contribution in [3.05, 3.63) is 30.0 Å². The fourth-order valence-corrected chi connectivity index (χ4v) is 2.63. The molecule has 0 aliphatic rings. The average Bonchev–Trinajstić information content (AvgIpc) is 2.91. The molecule has 0 aliphatic carbocycles. The Balaban J connectivity index is 2.16. The fourth-order valence-electron chi connectivity index (χ4n) is 2.63. The molecule has 0 spiro atoms. The van der Waals surface area contributed by atoms with Crippen LogP contribution in [0.5, 0.6) is 5.75 Å². The summed E-state index contributed by atoms with van der Waals surface area (Å²) in [6.07, 6.45) is 2.21. The van der Waals surface area contributed by atoms with E-state index in [2.05, 4.69) is 25.2 Å². The lowest BCUT2D eigenvalue weighted by Crippen LogP contribution is -2.34. The Labute approximate surface area is 126 Å². The van der Waals surface area contributed by atoms with Crippen molar-refractivity contribution in [1.29, 1.82) is 0 Å². The summed E-state index contributed by atoms with van der Waals surface area (Å²) in [6.45, 7) is 5.01. The van der Waals surface area contributed by atoms with Gasteiger partial charge in [0.2, 0.25) is 0 Å². The maximum absolute atomic E-state index is 5.98. The third-order valence-corrected chi connectivity index (χ3v) is 3.66. The lowest BCUT2D eigenvalue weighted by Gasteiger charge is -2.21. The summed E-state index contributed by atoms with van der Waals surface area (Å²) in [5.41, 5.74) is 0.808. The summed E-state index contributed by atoms with van der Waals surface area (Å²) >= 11 is 0. The lowest BCUT2D eigenvalue weighted by molar-refractivity contribution is 0.155. The molecule has 1 aromatic heterocycles. The second-order valence-corrected chi connectivity index (χ2v) is 5.36. The van der Waals surface area contributed by atoms with E-state index in [-0.39, 0.29) is 6.04 Å². The van der Waals surface area contributed by atoms with Gasteiger partial charge in [0.05, 0.1) is 19.8 Å². The first kappa shape index (κ1) is 15.9. The second kappa shape index (κ2) is 7.48. The van der Waals surface area contributed by atoms with Crippen LogP contribution in [0.25, 0.3) is 11.0 Å². The number of para-hydroxylation sites is 1. The van der Waals surface area contributed by atoms with Gasteiger partial charge in [-0.1, -0.05) is 25.5 Å². The Morgan fingerprint density at radius 1 is 1.29 bits per heavy atom. The highest BCUT2D eigenvalue weighted by Crippen LogP contribution is 2.31. The van der Waals surface area contributed by atoms with Gasteiger partial charge in [0.25, 0.3) is 0 Å². The highest BCUT2D eigenvalue weighted by molar-refractivity contribution is 5.83. The van der Waals surface area contributed by atoms with Crippen molar-refractivity contribution in [2.45, 2.75) is 38.8 Å². The molecule has 4 heteroatoms. The number of rotatable bonds is 8. The number of fused-ring (bicyclic) bond motifs is 1. The number of methoxy groups -OCH3 is 2. The topological polar surface area (TPSA) is 43.6 Å². The summed E-state index contributed by atoms with van der Waals surface area (Å²) in [4.78, 5) is 0. The summed E-state index contributed by atoms with van der Waals surface area (Å²) in [5.74, 6) is 1.69. The van der Waals surface area contributed by atoms with Gasteiger partial charge in [0, 0.05) is 18.5 Å². The predicted molar refractivity (Wildman–Crippen MR) is 84.9 cm³/mol. The maximum Gasteiger partial charge on any atom is 0.176 e. The highest BCUT2D eigenvalue weighted by Gasteiger charge is 2.17. The van der Waals surface area contributed by atoms with Crippen LogP contribution in [0.15, 0.2) is 28.7 Å². The molecule has 2 atom stereocenters. The molecule has 2 rings (SSSR count). The van der Waals surface area contributed by atoms with E-state index in [0.717, 1.165) is 35.3 Å². The van der Waals surface area contributed by atoms with Crippen LogP contribution >= 0.6 is 0 Å².